The lowest BCUT2D eigenvalue weighted by Crippen LogP contribution is -1.97. The summed E-state index contributed by atoms with van der Waals surface area (Å²) in [6.45, 7) is 19.3. The number of hydrogen-bond donors (Lipinski definition) is 2. The second-order valence-electron chi connectivity index (χ2n) is 15.2. The highest BCUT2D eigenvalue weighted by Crippen LogP contribution is 2.44. The van der Waals surface area contributed by atoms with Crippen molar-refractivity contribution in [1.29, 1.82) is 0 Å². The van der Waals surface area contributed by atoms with Gasteiger partial charge in [0.25, 0.3) is 0 Å². The van der Waals surface area contributed by atoms with Crippen LogP contribution in [0.5, 0.6) is 11.5 Å². The lowest BCUT2D eigenvalue weighted by molar-refractivity contribution is 0.319. The summed E-state index contributed by atoms with van der Waals surface area (Å²) in [4.78, 5) is 19.1. The number of fused-ring (bicyclic) bond motifs is 8. The van der Waals surface area contributed by atoms with Gasteiger partial charge in [0.15, 0.2) is 0 Å². The molecule has 0 spiro atoms. The van der Waals surface area contributed by atoms with Gasteiger partial charge in [-0.1, -0.05) is 83.8 Å². The van der Waals surface area contributed by atoms with Gasteiger partial charge >= 0.3 is 0 Å². The van der Waals surface area contributed by atoms with Crippen LogP contribution in [0.4, 0.5) is 0 Å². The van der Waals surface area contributed by atoms with Crippen molar-refractivity contribution in [2.45, 2.75) is 93.9 Å². The zero-order valence-corrected chi connectivity index (χ0v) is 38.5. The summed E-state index contributed by atoms with van der Waals surface area (Å²) in [7, 11) is 0. The minimum Gasteiger partial charge on any atom is -0.494 e. The lowest BCUT2D eigenvalue weighted by atomic mass is 9.95. The average molecular weight is 905 g/mol. The number of nitrogens with one attached hydrogen (secondary N) is 2. The standard InChI is InChI=1S/C50H56Br2N4O2/c1-9-37-29(5)47-45(33-15-19-35(20-16-33)57-25-13-23-51)48-31(7)39(11-3)43(55-48)28-44-40(12-4)32(8)50(56-44)46(34-17-21-36(22-18-34)58-26-14-24-52)49-30(6)38(10-2)42(54-49)27-41(37)53-47/h15-22,27-28,53,56H,9-14,23-26H2,1-8H3. The molecule has 2 aromatic carbocycles. The Morgan fingerprint density at radius 1 is 0.534 bits per heavy atom. The Morgan fingerprint density at radius 3 is 1.24 bits per heavy atom. The zero-order valence-electron chi connectivity index (χ0n) is 35.3. The predicted molar refractivity (Wildman–Crippen MR) is 253 cm³/mol. The van der Waals surface area contributed by atoms with E-state index in [0.717, 1.165) is 128 Å². The fourth-order valence-electron chi connectivity index (χ4n) is 8.80. The van der Waals surface area contributed by atoms with Crippen molar-refractivity contribution in [3.05, 3.63) is 106 Å². The lowest BCUT2D eigenvalue weighted by Gasteiger charge is -2.10. The second-order valence-corrected chi connectivity index (χ2v) is 16.8. The van der Waals surface area contributed by atoms with E-state index in [2.05, 4.69) is 158 Å². The number of rotatable bonds is 14. The first-order valence-electron chi connectivity index (χ1n) is 21.0. The number of alkyl halides is 2. The van der Waals surface area contributed by atoms with E-state index >= 15 is 0 Å². The summed E-state index contributed by atoms with van der Waals surface area (Å²) in [5, 5.41) is 1.83. The van der Waals surface area contributed by atoms with Crippen molar-refractivity contribution in [2.75, 3.05) is 23.9 Å². The van der Waals surface area contributed by atoms with Gasteiger partial charge in [-0.3, -0.25) is 0 Å². The van der Waals surface area contributed by atoms with E-state index < -0.39 is 0 Å². The third-order valence-corrected chi connectivity index (χ3v) is 13.0. The fourth-order valence-corrected chi connectivity index (χ4v) is 9.26. The number of allylic oxidation sites excluding steroid dienone is 4. The average Bonchev–Trinajstić information content (AvgIpc) is 3.92. The van der Waals surface area contributed by atoms with Gasteiger partial charge in [-0.2, -0.15) is 0 Å². The van der Waals surface area contributed by atoms with Gasteiger partial charge in [-0.05, 0) is 158 Å². The summed E-state index contributed by atoms with van der Waals surface area (Å²) in [6.07, 6.45) is 5.42. The molecule has 0 unspecified atom stereocenters. The Bertz CT molecular complexity index is 2380. The highest BCUT2D eigenvalue weighted by molar-refractivity contribution is 9.09. The molecular weight excluding hydrogens is 848 g/mol. The number of aryl methyl sites for hydroxylation is 4. The summed E-state index contributed by atoms with van der Waals surface area (Å²) < 4.78 is 12.2. The van der Waals surface area contributed by atoms with Crippen LogP contribution >= 0.6 is 31.9 Å². The third kappa shape index (κ3) is 7.87. The smallest absolute Gasteiger partial charge is 0.119 e. The Hall–Kier alpha value is -4.40. The molecule has 0 saturated heterocycles. The molecule has 7 rings (SSSR count). The molecule has 2 aliphatic heterocycles. The van der Waals surface area contributed by atoms with Crippen molar-refractivity contribution >= 4 is 76.2 Å². The monoisotopic (exact) mass is 902 g/mol. The maximum Gasteiger partial charge on any atom is 0.119 e. The van der Waals surface area contributed by atoms with E-state index in [1.807, 2.05) is 0 Å². The molecule has 302 valence electrons. The first-order valence-corrected chi connectivity index (χ1v) is 23.2. The molecule has 8 bridgehead atoms. The topological polar surface area (TPSA) is 75.8 Å². The molecule has 58 heavy (non-hydrogen) atoms. The van der Waals surface area contributed by atoms with Gasteiger partial charge in [0, 0.05) is 32.8 Å². The van der Waals surface area contributed by atoms with Crippen molar-refractivity contribution in [2.24, 2.45) is 0 Å². The summed E-state index contributed by atoms with van der Waals surface area (Å²) in [5.74, 6) is 1.74. The van der Waals surface area contributed by atoms with Crippen LogP contribution < -0.4 is 9.47 Å². The number of halogens is 2. The van der Waals surface area contributed by atoms with Gasteiger partial charge in [-0.15, -0.1) is 0 Å². The Kier molecular flexibility index (Phi) is 13.1. The van der Waals surface area contributed by atoms with Gasteiger partial charge in [0.05, 0.1) is 47.0 Å². The van der Waals surface area contributed by atoms with E-state index in [1.54, 1.807) is 0 Å². The van der Waals surface area contributed by atoms with Crippen molar-refractivity contribution in [3.8, 4) is 33.8 Å². The minimum atomic E-state index is 0.674. The number of benzene rings is 2. The fraction of sp³-hybridized carbons (Fsp3) is 0.360. The molecule has 0 aliphatic carbocycles. The van der Waals surface area contributed by atoms with Crippen LogP contribution in [0.1, 0.15) is 112 Å². The number of H-pyrrole nitrogens is 2. The van der Waals surface area contributed by atoms with E-state index in [-0.39, 0.29) is 0 Å². The molecule has 0 saturated carbocycles. The third-order valence-electron chi connectivity index (χ3n) is 11.9. The van der Waals surface area contributed by atoms with Crippen LogP contribution in [0, 0.1) is 13.8 Å². The first kappa shape index (κ1) is 41.7. The quantitative estimate of drug-likeness (QED) is 0.0860. The zero-order chi connectivity index (χ0) is 41.1. The maximum atomic E-state index is 6.08. The molecule has 5 heterocycles. The summed E-state index contributed by atoms with van der Waals surface area (Å²) in [5.41, 5.74) is 22.8. The second kappa shape index (κ2) is 18.3. The number of hydrogen-bond acceptors (Lipinski definition) is 4. The molecule has 0 fully saturated rings. The van der Waals surface area contributed by atoms with Crippen molar-refractivity contribution in [1.82, 2.24) is 19.9 Å². The Balaban J connectivity index is 1.62. The molecular formula is C50H56Br2N4O2. The van der Waals surface area contributed by atoms with E-state index in [4.69, 9.17) is 19.4 Å². The van der Waals surface area contributed by atoms with Gasteiger partial charge in [-0.25, -0.2) is 9.97 Å². The SMILES string of the molecule is CCC1=C(C)c2nc1cc1[nH]c(c(C)c1CC)c(-c1ccc(OCCCBr)cc1)c1nc(cc3[nH]c(c(C)c3CC)c2-c2ccc(OCCCBr)cc2)C(CC)=C1C. The van der Waals surface area contributed by atoms with Gasteiger partial charge < -0.3 is 19.4 Å². The molecule has 2 N–H and O–H groups in total. The number of ether oxygens (including phenoxy) is 2. The highest BCUT2D eigenvalue weighted by Gasteiger charge is 2.25. The Labute approximate surface area is 360 Å². The van der Waals surface area contributed by atoms with Crippen LogP contribution in [0.2, 0.25) is 0 Å². The number of nitrogens with zero attached hydrogens (tertiary/aromatic N) is 2. The van der Waals surface area contributed by atoms with Crippen molar-refractivity contribution in [3.63, 3.8) is 0 Å². The van der Waals surface area contributed by atoms with Crippen LogP contribution in [-0.2, 0) is 12.8 Å². The van der Waals surface area contributed by atoms with Crippen molar-refractivity contribution < 1.29 is 9.47 Å². The maximum absolute atomic E-state index is 6.08. The van der Waals surface area contributed by atoms with E-state index in [9.17, 15) is 0 Å². The normalized spacial score (nSPS) is 12.9. The first-order chi connectivity index (χ1) is 28.2. The largest absolute Gasteiger partial charge is 0.494 e. The molecule has 2 aliphatic rings. The van der Waals surface area contributed by atoms with E-state index in [0.29, 0.717) is 13.2 Å². The molecule has 0 radical (unpaired) electrons. The van der Waals surface area contributed by atoms with Crippen LogP contribution in [0.15, 0.2) is 60.7 Å². The molecule has 0 atom stereocenters. The van der Waals surface area contributed by atoms with Crippen LogP contribution in [0.25, 0.3) is 66.6 Å². The highest BCUT2D eigenvalue weighted by atomic mass is 79.9. The predicted octanol–water partition coefficient (Wildman–Crippen LogP) is 14.4. The number of aromatic amines is 2. The summed E-state index contributed by atoms with van der Waals surface area (Å²) >= 11 is 7.05. The molecule has 5 aromatic rings. The number of aromatic nitrogens is 4. The molecule has 0 amide bonds. The molecule has 6 nitrogen and oxygen atoms in total. The van der Waals surface area contributed by atoms with Crippen LogP contribution in [-0.4, -0.2) is 43.8 Å². The molecule has 3 aromatic heterocycles. The summed E-state index contributed by atoms with van der Waals surface area (Å²) in [6, 6.07) is 21.7. The van der Waals surface area contributed by atoms with E-state index in [1.165, 1.54) is 44.5 Å². The molecule has 8 heteroatoms. The van der Waals surface area contributed by atoms with Gasteiger partial charge in [0.2, 0.25) is 0 Å². The minimum absolute atomic E-state index is 0.674. The van der Waals surface area contributed by atoms with Gasteiger partial charge in [0.1, 0.15) is 11.5 Å². The Morgan fingerprint density at radius 2 is 0.914 bits per heavy atom. The van der Waals surface area contributed by atoms with Crippen LogP contribution in [0.3, 0.4) is 0 Å².